The fraction of sp³-hybridized carbons (Fsp3) is 1.00. The molecule has 1 heterocycles. The fourth-order valence-electron chi connectivity index (χ4n) is 1.31. The molecule has 0 aromatic rings. The Kier molecular flexibility index (Phi) is 6.05. The molecule has 84 valence electrons. The first kappa shape index (κ1) is 11.9. The third-order valence-corrected chi connectivity index (χ3v) is 2.24. The Morgan fingerprint density at radius 3 is 2.79 bits per heavy atom. The van der Waals surface area contributed by atoms with E-state index >= 15 is 0 Å². The van der Waals surface area contributed by atoms with Crippen molar-refractivity contribution >= 4 is 0 Å². The highest BCUT2D eigenvalue weighted by molar-refractivity contribution is 4.61. The van der Waals surface area contributed by atoms with Crippen LogP contribution in [0.25, 0.3) is 0 Å². The van der Waals surface area contributed by atoms with E-state index < -0.39 is 6.10 Å². The van der Waals surface area contributed by atoms with Gasteiger partial charge in [-0.05, 0) is 0 Å². The minimum Gasteiger partial charge on any atom is -0.389 e. The van der Waals surface area contributed by atoms with E-state index in [1.54, 1.807) is 0 Å². The second kappa shape index (κ2) is 7.14. The highest BCUT2D eigenvalue weighted by Crippen LogP contribution is 1.95. The highest BCUT2D eigenvalue weighted by Gasteiger charge is 2.09. The second-order valence-corrected chi connectivity index (χ2v) is 3.42. The quantitative estimate of drug-likeness (QED) is 0.524. The van der Waals surface area contributed by atoms with Crippen molar-refractivity contribution in [2.45, 2.75) is 6.10 Å². The molecule has 1 atom stereocenters. The van der Waals surface area contributed by atoms with Crippen molar-refractivity contribution in [1.82, 2.24) is 4.90 Å². The number of nitrogens with zero attached hydrogens (tertiary/aromatic N) is 1. The van der Waals surface area contributed by atoms with E-state index in [0.717, 1.165) is 32.8 Å². The molecule has 1 fully saturated rings. The van der Waals surface area contributed by atoms with Gasteiger partial charge in [0.25, 0.3) is 0 Å². The van der Waals surface area contributed by atoms with Crippen molar-refractivity contribution in [2.24, 2.45) is 5.73 Å². The maximum atomic E-state index is 9.11. The van der Waals surface area contributed by atoms with Gasteiger partial charge in [0, 0.05) is 26.2 Å². The lowest BCUT2D eigenvalue weighted by molar-refractivity contribution is 0.00316. The minimum atomic E-state index is -0.528. The SMILES string of the molecule is NCC(O)COCCN1CCOCC1. The van der Waals surface area contributed by atoms with Crippen molar-refractivity contribution in [3.63, 3.8) is 0 Å². The maximum absolute atomic E-state index is 9.11. The molecule has 0 radical (unpaired) electrons. The molecule has 1 aliphatic rings. The molecule has 0 spiro atoms. The maximum Gasteiger partial charge on any atom is 0.0895 e. The van der Waals surface area contributed by atoms with Crippen LogP contribution in [0.4, 0.5) is 0 Å². The van der Waals surface area contributed by atoms with Crippen LogP contribution in [-0.2, 0) is 9.47 Å². The van der Waals surface area contributed by atoms with Crippen molar-refractivity contribution in [3.05, 3.63) is 0 Å². The number of nitrogens with two attached hydrogens (primary N) is 1. The van der Waals surface area contributed by atoms with E-state index in [9.17, 15) is 0 Å². The normalized spacial score (nSPS) is 21.0. The van der Waals surface area contributed by atoms with Gasteiger partial charge in [0.15, 0.2) is 0 Å². The van der Waals surface area contributed by atoms with E-state index in [0.29, 0.717) is 13.2 Å². The molecular weight excluding hydrogens is 184 g/mol. The van der Waals surface area contributed by atoms with E-state index in [-0.39, 0.29) is 6.54 Å². The van der Waals surface area contributed by atoms with E-state index in [1.165, 1.54) is 0 Å². The summed E-state index contributed by atoms with van der Waals surface area (Å²) in [7, 11) is 0. The number of aliphatic hydroxyl groups excluding tert-OH is 1. The van der Waals surface area contributed by atoms with Crippen LogP contribution in [-0.4, -0.2) is 68.7 Å². The summed E-state index contributed by atoms with van der Waals surface area (Å²) in [5, 5.41) is 9.11. The van der Waals surface area contributed by atoms with Gasteiger partial charge in [-0.15, -0.1) is 0 Å². The van der Waals surface area contributed by atoms with E-state index in [1.807, 2.05) is 0 Å². The number of ether oxygens (including phenoxy) is 2. The summed E-state index contributed by atoms with van der Waals surface area (Å²) in [6.07, 6.45) is -0.528. The lowest BCUT2D eigenvalue weighted by Gasteiger charge is -2.26. The van der Waals surface area contributed by atoms with Gasteiger partial charge in [-0.2, -0.15) is 0 Å². The fourth-order valence-corrected chi connectivity index (χ4v) is 1.31. The van der Waals surface area contributed by atoms with Crippen molar-refractivity contribution in [3.8, 4) is 0 Å². The van der Waals surface area contributed by atoms with Crippen LogP contribution in [0.5, 0.6) is 0 Å². The van der Waals surface area contributed by atoms with Crippen LogP contribution in [0.3, 0.4) is 0 Å². The predicted octanol–water partition coefficient (Wildman–Crippen LogP) is -1.35. The first-order chi connectivity index (χ1) is 6.83. The molecule has 5 heteroatoms. The van der Waals surface area contributed by atoms with Crippen molar-refractivity contribution in [2.75, 3.05) is 52.6 Å². The van der Waals surface area contributed by atoms with Gasteiger partial charge >= 0.3 is 0 Å². The van der Waals surface area contributed by atoms with Crippen molar-refractivity contribution in [1.29, 1.82) is 0 Å². The Bertz CT molecular complexity index is 140. The lowest BCUT2D eigenvalue weighted by Crippen LogP contribution is -2.38. The Hall–Kier alpha value is -0.200. The lowest BCUT2D eigenvalue weighted by atomic mass is 10.4. The number of aliphatic hydroxyl groups is 1. The third-order valence-electron chi connectivity index (χ3n) is 2.24. The molecule has 1 aliphatic heterocycles. The zero-order valence-corrected chi connectivity index (χ0v) is 8.52. The first-order valence-corrected chi connectivity index (χ1v) is 5.09. The van der Waals surface area contributed by atoms with Gasteiger partial charge in [0.05, 0.1) is 32.5 Å². The zero-order chi connectivity index (χ0) is 10.2. The van der Waals surface area contributed by atoms with Crippen LogP contribution < -0.4 is 5.73 Å². The molecule has 1 unspecified atom stereocenters. The van der Waals surface area contributed by atoms with Gasteiger partial charge in [-0.1, -0.05) is 0 Å². The summed E-state index contributed by atoms with van der Waals surface area (Å²) in [6, 6.07) is 0. The molecule has 0 aromatic carbocycles. The number of hydrogen-bond acceptors (Lipinski definition) is 5. The van der Waals surface area contributed by atoms with Crippen LogP contribution in [0.1, 0.15) is 0 Å². The molecule has 14 heavy (non-hydrogen) atoms. The zero-order valence-electron chi connectivity index (χ0n) is 8.52. The molecule has 3 N–H and O–H groups in total. The predicted molar refractivity (Wildman–Crippen MR) is 53.1 cm³/mol. The van der Waals surface area contributed by atoms with Crippen LogP contribution >= 0.6 is 0 Å². The topological polar surface area (TPSA) is 68.0 Å². The molecular formula is C9H20N2O3. The monoisotopic (exact) mass is 204 g/mol. The summed E-state index contributed by atoms with van der Waals surface area (Å²) in [6.45, 7) is 5.72. The minimum absolute atomic E-state index is 0.261. The standard InChI is InChI=1S/C9H20N2O3/c10-7-9(12)8-14-6-3-11-1-4-13-5-2-11/h9,12H,1-8,10H2. The smallest absolute Gasteiger partial charge is 0.0895 e. The average Bonchev–Trinajstić information content (AvgIpc) is 2.25. The highest BCUT2D eigenvalue weighted by atomic mass is 16.5. The molecule has 0 saturated carbocycles. The number of hydrogen-bond donors (Lipinski definition) is 2. The molecule has 0 amide bonds. The molecule has 1 rings (SSSR count). The third kappa shape index (κ3) is 4.88. The van der Waals surface area contributed by atoms with Crippen LogP contribution in [0.15, 0.2) is 0 Å². The Morgan fingerprint density at radius 2 is 2.14 bits per heavy atom. The first-order valence-electron chi connectivity index (χ1n) is 5.09. The Labute approximate surface area is 84.8 Å². The number of morpholine rings is 1. The van der Waals surface area contributed by atoms with Gasteiger partial charge in [0.1, 0.15) is 0 Å². The van der Waals surface area contributed by atoms with Crippen LogP contribution in [0.2, 0.25) is 0 Å². The molecule has 1 saturated heterocycles. The summed E-state index contributed by atoms with van der Waals surface area (Å²) in [4.78, 5) is 2.29. The Morgan fingerprint density at radius 1 is 1.43 bits per heavy atom. The summed E-state index contributed by atoms with van der Waals surface area (Å²) in [5.74, 6) is 0. The number of rotatable bonds is 6. The molecule has 0 bridgehead atoms. The molecule has 5 nitrogen and oxygen atoms in total. The van der Waals surface area contributed by atoms with Gasteiger partial charge < -0.3 is 20.3 Å². The van der Waals surface area contributed by atoms with Crippen LogP contribution in [0, 0.1) is 0 Å². The second-order valence-electron chi connectivity index (χ2n) is 3.42. The summed E-state index contributed by atoms with van der Waals surface area (Å²) < 4.78 is 10.5. The van der Waals surface area contributed by atoms with E-state index in [4.69, 9.17) is 20.3 Å². The van der Waals surface area contributed by atoms with Gasteiger partial charge in [-0.25, -0.2) is 0 Å². The summed E-state index contributed by atoms with van der Waals surface area (Å²) in [5.41, 5.74) is 5.24. The molecule has 0 aliphatic carbocycles. The molecule has 0 aromatic heterocycles. The largest absolute Gasteiger partial charge is 0.389 e. The average molecular weight is 204 g/mol. The Balaban J connectivity index is 1.92. The van der Waals surface area contributed by atoms with E-state index in [2.05, 4.69) is 4.90 Å². The van der Waals surface area contributed by atoms with Crippen molar-refractivity contribution < 1.29 is 14.6 Å². The van der Waals surface area contributed by atoms with Gasteiger partial charge in [-0.3, -0.25) is 4.90 Å². The summed E-state index contributed by atoms with van der Waals surface area (Å²) >= 11 is 0. The van der Waals surface area contributed by atoms with Gasteiger partial charge in [0.2, 0.25) is 0 Å².